The van der Waals surface area contributed by atoms with Gasteiger partial charge >= 0.3 is 6.03 Å². The highest BCUT2D eigenvalue weighted by molar-refractivity contribution is 5.94. The topological polar surface area (TPSA) is 64.7 Å². The minimum absolute atomic E-state index is 0.119. The molecule has 2 aromatic rings. The van der Waals surface area contributed by atoms with Crippen molar-refractivity contribution in [2.24, 2.45) is 0 Å². The summed E-state index contributed by atoms with van der Waals surface area (Å²) in [5.41, 5.74) is 2.67. The lowest BCUT2D eigenvalue weighted by Crippen LogP contribution is -2.44. The SMILES string of the molecule is C[C@H](CN1CCCC1=O)NC(=O)Nc1ccccc1N(C)c1ccccc1. The minimum Gasteiger partial charge on any atom is -0.343 e. The van der Waals surface area contributed by atoms with Crippen LogP contribution in [0.15, 0.2) is 54.6 Å². The molecule has 3 amide bonds. The largest absolute Gasteiger partial charge is 0.343 e. The maximum Gasteiger partial charge on any atom is 0.319 e. The lowest BCUT2D eigenvalue weighted by molar-refractivity contribution is -0.127. The van der Waals surface area contributed by atoms with Crippen molar-refractivity contribution in [1.82, 2.24) is 10.2 Å². The van der Waals surface area contributed by atoms with Crippen molar-refractivity contribution < 1.29 is 9.59 Å². The van der Waals surface area contributed by atoms with Gasteiger partial charge in [0.05, 0.1) is 11.4 Å². The summed E-state index contributed by atoms with van der Waals surface area (Å²) in [6.07, 6.45) is 1.51. The fourth-order valence-corrected chi connectivity index (χ4v) is 3.32. The van der Waals surface area contributed by atoms with Gasteiger partial charge in [0.25, 0.3) is 0 Å². The summed E-state index contributed by atoms with van der Waals surface area (Å²) in [4.78, 5) is 28.0. The molecular formula is C21H26N4O2. The van der Waals surface area contributed by atoms with E-state index in [4.69, 9.17) is 0 Å². The summed E-state index contributed by atoms with van der Waals surface area (Å²) < 4.78 is 0. The second-order valence-corrected chi connectivity index (χ2v) is 6.85. The molecule has 1 saturated heterocycles. The molecule has 6 nitrogen and oxygen atoms in total. The number of para-hydroxylation sites is 3. The molecule has 0 unspecified atom stereocenters. The molecule has 1 heterocycles. The zero-order chi connectivity index (χ0) is 19.2. The van der Waals surface area contributed by atoms with Gasteiger partial charge in [-0.25, -0.2) is 4.79 Å². The maximum absolute atomic E-state index is 12.4. The first-order valence-corrected chi connectivity index (χ1v) is 9.27. The summed E-state index contributed by atoms with van der Waals surface area (Å²) in [6.45, 7) is 3.22. The number of rotatable bonds is 6. The van der Waals surface area contributed by atoms with E-state index in [1.54, 1.807) is 0 Å². The van der Waals surface area contributed by atoms with Crippen LogP contribution in [0.3, 0.4) is 0 Å². The summed E-state index contributed by atoms with van der Waals surface area (Å²) in [5, 5.41) is 5.85. The number of urea groups is 1. The van der Waals surface area contributed by atoms with Crippen molar-refractivity contribution >= 4 is 29.0 Å². The van der Waals surface area contributed by atoms with Crippen LogP contribution >= 0.6 is 0 Å². The van der Waals surface area contributed by atoms with Crippen molar-refractivity contribution in [2.45, 2.75) is 25.8 Å². The Labute approximate surface area is 160 Å². The normalized spacial score (nSPS) is 14.7. The molecule has 1 aliphatic heterocycles. The van der Waals surface area contributed by atoms with Gasteiger partial charge in [-0.05, 0) is 37.6 Å². The number of carbonyl (C=O) groups excluding carboxylic acids is 2. The summed E-state index contributed by atoms with van der Waals surface area (Å²) in [7, 11) is 1.97. The van der Waals surface area contributed by atoms with Crippen LogP contribution in [0.1, 0.15) is 19.8 Å². The molecule has 0 aliphatic carbocycles. The molecule has 0 spiro atoms. The molecule has 1 fully saturated rings. The van der Waals surface area contributed by atoms with Crippen LogP contribution in [-0.4, -0.2) is 43.0 Å². The van der Waals surface area contributed by atoms with Gasteiger partial charge in [-0.1, -0.05) is 30.3 Å². The van der Waals surface area contributed by atoms with E-state index in [0.717, 1.165) is 30.0 Å². The molecule has 142 valence electrons. The monoisotopic (exact) mass is 366 g/mol. The number of nitrogens with one attached hydrogen (secondary N) is 2. The van der Waals surface area contributed by atoms with Gasteiger partial charge in [-0.15, -0.1) is 0 Å². The third-order valence-electron chi connectivity index (χ3n) is 4.70. The average Bonchev–Trinajstić information content (AvgIpc) is 3.06. The molecule has 27 heavy (non-hydrogen) atoms. The zero-order valence-corrected chi connectivity index (χ0v) is 15.8. The van der Waals surface area contributed by atoms with Gasteiger partial charge < -0.3 is 20.4 Å². The number of carbonyl (C=O) groups is 2. The van der Waals surface area contributed by atoms with Crippen LogP contribution in [0.5, 0.6) is 0 Å². The van der Waals surface area contributed by atoms with Crippen molar-refractivity contribution in [3.8, 4) is 0 Å². The number of anilines is 3. The Bertz CT molecular complexity index is 794. The van der Waals surface area contributed by atoms with E-state index in [1.807, 2.05) is 78.4 Å². The number of amides is 3. The zero-order valence-electron chi connectivity index (χ0n) is 15.8. The standard InChI is InChI=1S/C21H26N4O2/c1-16(15-25-14-8-13-20(25)26)22-21(27)23-18-11-6-7-12-19(18)24(2)17-9-4-3-5-10-17/h3-7,9-12,16H,8,13-15H2,1-2H3,(H2,22,23,27)/t16-/m1/s1. The number of benzene rings is 2. The van der Waals surface area contributed by atoms with Crippen LogP contribution in [0.4, 0.5) is 21.9 Å². The second-order valence-electron chi connectivity index (χ2n) is 6.85. The third-order valence-corrected chi connectivity index (χ3v) is 4.70. The summed E-state index contributed by atoms with van der Waals surface area (Å²) in [5.74, 6) is 0.166. The van der Waals surface area contributed by atoms with Crippen LogP contribution in [0.2, 0.25) is 0 Å². The first kappa shape index (κ1) is 18.8. The van der Waals surface area contributed by atoms with E-state index in [-0.39, 0.29) is 18.0 Å². The Balaban J connectivity index is 1.63. The average molecular weight is 366 g/mol. The maximum atomic E-state index is 12.4. The minimum atomic E-state index is -0.275. The number of nitrogens with zero attached hydrogens (tertiary/aromatic N) is 2. The predicted octanol–water partition coefficient (Wildman–Crippen LogP) is 3.59. The molecule has 0 radical (unpaired) electrons. The Morgan fingerprint density at radius 2 is 1.85 bits per heavy atom. The number of hydrogen-bond donors (Lipinski definition) is 2. The van der Waals surface area contributed by atoms with Crippen molar-refractivity contribution in [3.63, 3.8) is 0 Å². The van der Waals surface area contributed by atoms with E-state index in [1.165, 1.54) is 0 Å². The van der Waals surface area contributed by atoms with Crippen molar-refractivity contribution in [3.05, 3.63) is 54.6 Å². The van der Waals surface area contributed by atoms with Gasteiger partial charge in [-0.2, -0.15) is 0 Å². The Morgan fingerprint density at radius 3 is 2.56 bits per heavy atom. The molecule has 1 atom stereocenters. The molecular weight excluding hydrogens is 340 g/mol. The molecule has 2 N–H and O–H groups in total. The fourth-order valence-electron chi connectivity index (χ4n) is 3.32. The fraction of sp³-hybridized carbons (Fsp3) is 0.333. The van der Waals surface area contributed by atoms with Crippen LogP contribution < -0.4 is 15.5 Å². The number of hydrogen-bond acceptors (Lipinski definition) is 3. The molecule has 1 aliphatic rings. The van der Waals surface area contributed by atoms with E-state index < -0.39 is 0 Å². The first-order chi connectivity index (χ1) is 13.0. The highest BCUT2D eigenvalue weighted by atomic mass is 16.2. The van der Waals surface area contributed by atoms with Crippen LogP contribution in [-0.2, 0) is 4.79 Å². The van der Waals surface area contributed by atoms with Crippen LogP contribution in [0.25, 0.3) is 0 Å². The molecule has 0 bridgehead atoms. The highest BCUT2D eigenvalue weighted by Gasteiger charge is 2.22. The Morgan fingerprint density at radius 1 is 1.15 bits per heavy atom. The smallest absolute Gasteiger partial charge is 0.319 e. The van der Waals surface area contributed by atoms with Crippen LogP contribution in [0, 0.1) is 0 Å². The molecule has 0 saturated carbocycles. The number of likely N-dealkylation sites (tertiary alicyclic amines) is 1. The van der Waals surface area contributed by atoms with Gasteiger partial charge in [-0.3, -0.25) is 4.79 Å². The quantitative estimate of drug-likeness (QED) is 0.821. The van der Waals surface area contributed by atoms with Gasteiger partial charge in [0.2, 0.25) is 5.91 Å². The Hall–Kier alpha value is -3.02. The molecule has 2 aromatic carbocycles. The van der Waals surface area contributed by atoms with E-state index in [0.29, 0.717) is 13.0 Å². The van der Waals surface area contributed by atoms with Crippen molar-refractivity contribution in [1.29, 1.82) is 0 Å². The lowest BCUT2D eigenvalue weighted by Gasteiger charge is -2.24. The predicted molar refractivity (Wildman–Crippen MR) is 108 cm³/mol. The van der Waals surface area contributed by atoms with Gasteiger partial charge in [0.15, 0.2) is 0 Å². The van der Waals surface area contributed by atoms with E-state index in [9.17, 15) is 9.59 Å². The molecule has 0 aromatic heterocycles. The highest BCUT2D eigenvalue weighted by Crippen LogP contribution is 2.30. The molecule has 6 heteroatoms. The van der Waals surface area contributed by atoms with E-state index in [2.05, 4.69) is 10.6 Å². The summed E-state index contributed by atoms with van der Waals surface area (Å²) >= 11 is 0. The lowest BCUT2D eigenvalue weighted by atomic mass is 10.2. The van der Waals surface area contributed by atoms with Gasteiger partial charge in [0, 0.05) is 38.3 Å². The van der Waals surface area contributed by atoms with Crippen molar-refractivity contribution in [2.75, 3.05) is 30.4 Å². The van der Waals surface area contributed by atoms with E-state index >= 15 is 0 Å². The second kappa shape index (κ2) is 8.58. The van der Waals surface area contributed by atoms with Gasteiger partial charge in [0.1, 0.15) is 0 Å². The summed E-state index contributed by atoms with van der Waals surface area (Å²) in [6, 6.07) is 17.3. The molecule has 3 rings (SSSR count). The Kier molecular flexibility index (Phi) is 5.96. The first-order valence-electron chi connectivity index (χ1n) is 9.27. The third kappa shape index (κ3) is 4.78.